The normalized spacial score (nSPS) is 15.4. The van der Waals surface area contributed by atoms with Crippen LogP contribution in [0.5, 0.6) is 0 Å². The van der Waals surface area contributed by atoms with E-state index in [0.717, 1.165) is 0 Å². The molecule has 302 valence electrons. The van der Waals surface area contributed by atoms with Gasteiger partial charge in [-0.1, -0.05) is 211 Å². The molecule has 0 unspecified atom stereocenters. The molecule has 63 heavy (non-hydrogen) atoms. The van der Waals surface area contributed by atoms with Gasteiger partial charge in [0.15, 0.2) is 8.07 Å². The first kappa shape index (κ1) is 36.9. The van der Waals surface area contributed by atoms with Crippen molar-refractivity contribution < 1.29 is 0 Å². The van der Waals surface area contributed by atoms with E-state index < -0.39 is 13.5 Å². The first-order chi connectivity index (χ1) is 30.5. The monoisotopic (exact) mass is 823 g/mol. The summed E-state index contributed by atoms with van der Waals surface area (Å²) in [6.07, 6.45) is 0. The highest BCUT2D eigenvalue weighted by Gasteiger charge is 2.56. The number of hydrogen-bond acceptors (Lipinski definition) is 1. The molecular weight excluding hydrogens is 775 g/mol. The van der Waals surface area contributed by atoms with E-state index >= 15 is 0 Å². The lowest BCUT2D eigenvalue weighted by Gasteiger charge is -2.46. The molecule has 13 rings (SSSR count). The minimum atomic E-state index is -2.69. The van der Waals surface area contributed by atoms with E-state index in [-0.39, 0.29) is 10.8 Å². The second-order valence-electron chi connectivity index (χ2n) is 20.4. The van der Waals surface area contributed by atoms with E-state index in [2.05, 4.69) is 234 Å². The van der Waals surface area contributed by atoms with Gasteiger partial charge < -0.3 is 4.90 Å². The van der Waals surface area contributed by atoms with Gasteiger partial charge in [-0.3, -0.25) is 0 Å². The highest BCUT2D eigenvalue weighted by molar-refractivity contribution is 7.24. The number of nitrogens with zero attached hydrogens (tertiary/aromatic N) is 1. The zero-order valence-corrected chi connectivity index (χ0v) is 37.8. The van der Waals surface area contributed by atoms with Crippen LogP contribution in [0.15, 0.2) is 188 Å². The Morgan fingerprint density at radius 3 is 1.46 bits per heavy atom. The lowest BCUT2D eigenvalue weighted by molar-refractivity contribution is 0.586. The molecule has 0 saturated heterocycles. The second-order valence-corrected chi connectivity index (χ2v) is 24.1. The molecule has 0 radical (unpaired) electrons. The minimum absolute atomic E-state index is 0.0205. The van der Waals surface area contributed by atoms with Crippen LogP contribution in [0.4, 0.5) is 17.1 Å². The van der Waals surface area contributed by atoms with Gasteiger partial charge in [0.1, 0.15) is 0 Å². The fraction of sp³-hybridized carbons (Fsp3) is 0.148. The highest BCUT2D eigenvalue weighted by Crippen LogP contribution is 2.65. The Kier molecular flexibility index (Phi) is 7.29. The summed E-state index contributed by atoms with van der Waals surface area (Å²) < 4.78 is 0. The SMILES string of the molecule is CC(C)(C)c1ccc2c(c1)C1(c3cc(C(C)(C)C)ccc3-2)c2ccccc2N(c2ccc3c(c2)[Si]2(c4ccccc4-c4ccccc42)c2ccccc2-3)c2c1ccc1ccccc21. The van der Waals surface area contributed by atoms with E-state index in [1.54, 1.807) is 0 Å². The van der Waals surface area contributed by atoms with Crippen molar-refractivity contribution >= 4 is 56.7 Å². The Bertz CT molecular complexity index is 3320. The van der Waals surface area contributed by atoms with E-state index in [4.69, 9.17) is 0 Å². The maximum Gasteiger partial charge on any atom is 0.182 e. The topological polar surface area (TPSA) is 3.24 Å². The summed E-state index contributed by atoms with van der Waals surface area (Å²) in [5.41, 5.74) is 19.5. The highest BCUT2D eigenvalue weighted by atomic mass is 28.3. The summed E-state index contributed by atoms with van der Waals surface area (Å²) in [5.74, 6) is 0. The quantitative estimate of drug-likeness (QED) is 0.149. The van der Waals surface area contributed by atoms with Crippen LogP contribution in [-0.4, -0.2) is 8.07 Å². The third-order valence-electron chi connectivity index (χ3n) is 15.2. The van der Waals surface area contributed by atoms with Gasteiger partial charge in [0.2, 0.25) is 0 Å². The summed E-state index contributed by atoms with van der Waals surface area (Å²) in [5, 5.41) is 8.51. The lowest BCUT2D eigenvalue weighted by atomic mass is 9.63. The molecule has 0 aromatic heterocycles. The Morgan fingerprint density at radius 2 is 0.873 bits per heavy atom. The maximum atomic E-state index is 2.65. The van der Waals surface area contributed by atoms with Gasteiger partial charge in [-0.15, -0.1) is 0 Å². The van der Waals surface area contributed by atoms with Gasteiger partial charge in [0, 0.05) is 11.1 Å². The predicted octanol–water partition coefficient (Wildman–Crippen LogP) is 12.9. The Morgan fingerprint density at radius 1 is 0.381 bits per heavy atom. The van der Waals surface area contributed by atoms with Crippen LogP contribution in [0.1, 0.15) is 74.9 Å². The van der Waals surface area contributed by atoms with Crippen molar-refractivity contribution in [2.24, 2.45) is 0 Å². The molecule has 2 heteroatoms. The smallest absolute Gasteiger partial charge is 0.182 e. The van der Waals surface area contributed by atoms with Crippen molar-refractivity contribution in [1.82, 2.24) is 0 Å². The average Bonchev–Trinajstić information content (AvgIpc) is 3.88. The molecule has 0 N–H and O–H groups in total. The Balaban J connectivity index is 1.15. The molecule has 9 aromatic rings. The van der Waals surface area contributed by atoms with Crippen molar-refractivity contribution in [3.8, 4) is 33.4 Å². The van der Waals surface area contributed by atoms with E-state index in [1.165, 1.54) is 115 Å². The molecule has 1 aliphatic carbocycles. The Hall–Kier alpha value is -6.74. The van der Waals surface area contributed by atoms with Crippen molar-refractivity contribution in [2.75, 3.05) is 4.90 Å². The van der Waals surface area contributed by atoms with E-state index in [9.17, 15) is 0 Å². The minimum Gasteiger partial charge on any atom is -0.309 e. The average molecular weight is 824 g/mol. The van der Waals surface area contributed by atoms with Gasteiger partial charge in [-0.05, 0) is 122 Å². The molecule has 0 fully saturated rings. The van der Waals surface area contributed by atoms with Crippen LogP contribution < -0.4 is 25.6 Å². The van der Waals surface area contributed by atoms with Crippen molar-refractivity contribution in [3.63, 3.8) is 0 Å². The van der Waals surface area contributed by atoms with Crippen LogP contribution in [0, 0.1) is 0 Å². The molecule has 0 atom stereocenters. The van der Waals surface area contributed by atoms with Gasteiger partial charge in [-0.25, -0.2) is 0 Å². The third kappa shape index (κ3) is 4.62. The van der Waals surface area contributed by atoms with Crippen LogP contribution in [0.2, 0.25) is 0 Å². The zero-order valence-electron chi connectivity index (χ0n) is 36.8. The van der Waals surface area contributed by atoms with E-state index in [0.29, 0.717) is 0 Å². The summed E-state index contributed by atoms with van der Waals surface area (Å²) in [6.45, 7) is 14.1. The van der Waals surface area contributed by atoms with Crippen LogP contribution in [0.3, 0.4) is 0 Å². The fourth-order valence-corrected chi connectivity index (χ4v) is 18.0. The molecule has 9 aromatic carbocycles. The fourth-order valence-electron chi connectivity index (χ4n) is 12.4. The number of anilines is 3. The second kappa shape index (κ2) is 12.5. The molecule has 4 aliphatic rings. The molecule has 0 bridgehead atoms. The van der Waals surface area contributed by atoms with Gasteiger partial charge >= 0.3 is 0 Å². The molecule has 2 spiro atoms. The van der Waals surface area contributed by atoms with Gasteiger partial charge in [0.05, 0.1) is 16.8 Å². The molecule has 3 aliphatic heterocycles. The predicted molar refractivity (Wildman–Crippen MR) is 268 cm³/mol. The van der Waals surface area contributed by atoms with Crippen LogP contribution in [-0.2, 0) is 16.2 Å². The number of benzene rings is 9. The Labute approximate surface area is 372 Å². The zero-order chi connectivity index (χ0) is 42.6. The maximum absolute atomic E-state index is 2.69. The van der Waals surface area contributed by atoms with E-state index in [1.807, 2.05) is 0 Å². The molecular formula is C61H49NSi. The van der Waals surface area contributed by atoms with Gasteiger partial charge in [0.25, 0.3) is 0 Å². The molecule has 0 amide bonds. The molecule has 3 heterocycles. The largest absolute Gasteiger partial charge is 0.309 e. The van der Waals surface area contributed by atoms with Crippen molar-refractivity contribution in [1.29, 1.82) is 0 Å². The first-order valence-corrected chi connectivity index (χ1v) is 24.7. The molecule has 1 nitrogen and oxygen atoms in total. The summed E-state index contributed by atoms with van der Waals surface area (Å²) in [4.78, 5) is 2.65. The standard InChI is InChI=1S/C61H49NSi/c1-59(2,3)39-28-31-43-44-32-29-40(60(4,5)6)36-52(44)61(51(43)35-39)49-22-12-13-23-53(49)62(58-42-18-8-7-17-38(42)27-34-50(58)61)41-30-33-48-47-21-11-16-26-56(47)63(57(48)37-41)54-24-14-9-19-45(54)46-20-10-15-25-55(46)63/h7-37H,1-6H3. The first-order valence-electron chi connectivity index (χ1n) is 22.7. The lowest BCUT2D eigenvalue weighted by Crippen LogP contribution is -2.70. The third-order valence-corrected chi connectivity index (χ3v) is 20.1. The molecule has 0 saturated carbocycles. The number of rotatable bonds is 1. The summed E-state index contributed by atoms with van der Waals surface area (Å²) in [7, 11) is -2.69. The number of hydrogen-bond donors (Lipinski definition) is 0. The number of para-hydroxylation sites is 1. The van der Waals surface area contributed by atoms with Crippen molar-refractivity contribution in [3.05, 3.63) is 221 Å². The van der Waals surface area contributed by atoms with Crippen molar-refractivity contribution in [2.45, 2.75) is 57.8 Å². The van der Waals surface area contributed by atoms with Crippen LogP contribution >= 0.6 is 0 Å². The summed E-state index contributed by atoms with van der Waals surface area (Å²) in [6, 6.07) is 73.4. The summed E-state index contributed by atoms with van der Waals surface area (Å²) >= 11 is 0. The van der Waals surface area contributed by atoms with Crippen LogP contribution in [0.25, 0.3) is 44.2 Å². The van der Waals surface area contributed by atoms with Gasteiger partial charge in [-0.2, -0.15) is 0 Å². The number of fused-ring (bicyclic) bond motifs is 21.